The highest BCUT2D eigenvalue weighted by Gasteiger charge is 2.08. The molecule has 0 unspecified atom stereocenters. The molecule has 0 fully saturated rings. The lowest BCUT2D eigenvalue weighted by molar-refractivity contribution is 0.602. The molecule has 7 nitrogen and oxygen atoms in total. The average Bonchev–Trinajstić information content (AvgIpc) is 2.49. The van der Waals surface area contributed by atoms with Gasteiger partial charge >= 0.3 is 0 Å². The van der Waals surface area contributed by atoms with Crippen LogP contribution in [0, 0.1) is 11.3 Å². The third kappa shape index (κ3) is 3.90. The summed E-state index contributed by atoms with van der Waals surface area (Å²) < 4.78 is 25.1. The maximum absolute atomic E-state index is 11.4. The second kappa shape index (κ2) is 6.19. The van der Waals surface area contributed by atoms with Crippen LogP contribution in [0.5, 0.6) is 0 Å². The van der Waals surface area contributed by atoms with Gasteiger partial charge in [0.15, 0.2) is 11.6 Å². The van der Waals surface area contributed by atoms with Crippen LogP contribution < -0.4 is 10.0 Å². The number of nitriles is 1. The Balaban J connectivity index is 2.15. The summed E-state index contributed by atoms with van der Waals surface area (Å²) in [4.78, 5) is 0. The van der Waals surface area contributed by atoms with Gasteiger partial charge in [0, 0.05) is 0 Å². The number of benzene rings is 1. The molecule has 0 aliphatic carbocycles. The molecule has 108 valence electrons. The fourth-order valence-electron chi connectivity index (χ4n) is 1.51. The van der Waals surface area contributed by atoms with Crippen molar-refractivity contribution in [1.29, 1.82) is 5.26 Å². The van der Waals surface area contributed by atoms with E-state index in [9.17, 15) is 8.42 Å². The molecule has 0 spiro atoms. The molecule has 0 saturated heterocycles. The predicted molar refractivity (Wildman–Crippen MR) is 79.6 cm³/mol. The molecule has 0 aliphatic rings. The van der Waals surface area contributed by atoms with Crippen molar-refractivity contribution in [1.82, 2.24) is 10.2 Å². The Bertz CT molecular complexity index is 766. The zero-order valence-electron chi connectivity index (χ0n) is 11.2. The van der Waals surface area contributed by atoms with E-state index in [2.05, 4.69) is 26.3 Å². The second-order valence-electron chi connectivity index (χ2n) is 4.09. The fraction of sp³-hybridized carbons (Fsp3) is 0.154. The molecule has 0 saturated carbocycles. The van der Waals surface area contributed by atoms with Crippen LogP contribution in [0.2, 0.25) is 0 Å². The van der Waals surface area contributed by atoms with Gasteiger partial charge in [0.25, 0.3) is 0 Å². The summed E-state index contributed by atoms with van der Waals surface area (Å²) in [5.41, 5.74) is 1.09. The lowest BCUT2D eigenvalue weighted by atomic mass is 10.2. The van der Waals surface area contributed by atoms with E-state index in [1.54, 1.807) is 30.3 Å². The highest BCUT2D eigenvalue weighted by Crippen LogP contribution is 2.18. The fourth-order valence-corrected chi connectivity index (χ4v) is 2.08. The molecule has 0 bridgehead atoms. The van der Waals surface area contributed by atoms with E-state index in [1.165, 1.54) is 13.0 Å². The lowest BCUT2D eigenvalue weighted by Gasteiger charge is -2.08. The van der Waals surface area contributed by atoms with E-state index in [0.29, 0.717) is 17.1 Å². The summed E-state index contributed by atoms with van der Waals surface area (Å²) in [7, 11) is -3.37. The lowest BCUT2D eigenvalue weighted by Crippen LogP contribution is -2.15. The van der Waals surface area contributed by atoms with Crippen molar-refractivity contribution in [3.8, 4) is 6.07 Å². The molecule has 1 aromatic carbocycles. The Morgan fingerprint density at radius 3 is 2.43 bits per heavy atom. The van der Waals surface area contributed by atoms with Crippen molar-refractivity contribution in [2.75, 3.05) is 15.8 Å². The van der Waals surface area contributed by atoms with Gasteiger partial charge in [-0.25, -0.2) is 8.42 Å². The minimum atomic E-state index is -3.37. The first-order chi connectivity index (χ1) is 10.0. The van der Waals surface area contributed by atoms with E-state index >= 15 is 0 Å². The summed E-state index contributed by atoms with van der Waals surface area (Å²) in [6.07, 6.45) is 0. The maximum atomic E-state index is 11.4. The number of nitrogens with zero attached hydrogens (tertiary/aromatic N) is 3. The first-order valence-corrected chi connectivity index (χ1v) is 7.79. The second-order valence-corrected chi connectivity index (χ2v) is 6.10. The van der Waals surface area contributed by atoms with Crippen LogP contribution in [-0.4, -0.2) is 24.4 Å². The number of aromatic nitrogens is 2. The topological polar surface area (TPSA) is 108 Å². The Morgan fingerprint density at radius 2 is 1.81 bits per heavy atom. The molecule has 0 aliphatic heterocycles. The van der Waals surface area contributed by atoms with Crippen LogP contribution in [0.4, 0.5) is 17.3 Å². The SMILES string of the molecule is CCS(=O)(=O)Nc1ccc(Nc2ccccc2C#N)nn1. The minimum absolute atomic E-state index is 0.0375. The Labute approximate surface area is 122 Å². The normalized spacial score (nSPS) is 10.7. The van der Waals surface area contributed by atoms with E-state index < -0.39 is 10.0 Å². The number of nitrogens with one attached hydrogen (secondary N) is 2. The van der Waals surface area contributed by atoms with Crippen LogP contribution in [-0.2, 0) is 10.0 Å². The van der Waals surface area contributed by atoms with Gasteiger partial charge in [-0.2, -0.15) is 5.26 Å². The summed E-state index contributed by atoms with van der Waals surface area (Å²) in [6, 6.07) is 12.1. The van der Waals surface area contributed by atoms with E-state index in [1.807, 2.05) is 0 Å². The van der Waals surface area contributed by atoms with E-state index in [4.69, 9.17) is 5.26 Å². The van der Waals surface area contributed by atoms with Crippen molar-refractivity contribution in [3.63, 3.8) is 0 Å². The van der Waals surface area contributed by atoms with Crippen LogP contribution in [0.3, 0.4) is 0 Å². The molecule has 2 aromatic rings. The molecule has 0 amide bonds. The van der Waals surface area contributed by atoms with Gasteiger partial charge in [0.05, 0.1) is 17.0 Å². The van der Waals surface area contributed by atoms with Gasteiger partial charge in [0.1, 0.15) is 6.07 Å². The molecule has 0 atom stereocenters. The van der Waals surface area contributed by atoms with Crippen molar-refractivity contribution in [2.24, 2.45) is 0 Å². The van der Waals surface area contributed by atoms with Gasteiger partial charge < -0.3 is 5.32 Å². The largest absolute Gasteiger partial charge is 0.338 e. The highest BCUT2D eigenvalue weighted by molar-refractivity contribution is 7.92. The monoisotopic (exact) mass is 303 g/mol. The van der Waals surface area contributed by atoms with Gasteiger partial charge in [-0.05, 0) is 31.2 Å². The Kier molecular flexibility index (Phi) is 4.35. The number of sulfonamides is 1. The minimum Gasteiger partial charge on any atom is -0.338 e. The number of anilines is 3. The highest BCUT2D eigenvalue weighted by atomic mass is 32.2. The standard InChI is InChI=1S/C13H13N5O2S/c1-2-21(19,20)18-13-8-7-12(16-17-13)15-11-6-4-3-5-10(11)9-14/h3-8H,2H2,1H3,(H,15,16)(H,17,18). The number of rotatable bonds is 5. The summed E-state index contributed by atoms with van der Waals surface area (Å²) in [6.45, 7) is 1.53. The number of hydrogen-bond donors (Lipinski definition) is 2. The number of hydrogen-bond acceptors (Lipinski definition) is 6. The zero-order chi connectivity index (χ0) is 15.3. The third-order valence-electron chi connectivity index (χ3n) is 2.61. The van der Waals surface area contributed by atoms with Crippen LogP contribution in [0.15, 0.2) is 36.4 Å². The van der Waals surface area contributed by atoms with Crippen molar-refractivity contribution >= 4 is 27.3 Å². The summed E-state index contributed by atoms with van der Waals surface area (Å²) in [5.74, 6) is 0.526. The predicted octanol–water partition coefficient (Wildman–Crippen LogP) is 1.85. The number of para-hydroxylation sites is 1. The Hall–Kier alpha value is -2.66. The molecule has 2 N–H and O–H groups in total. The van der Waals surface area contributed by atoms with Gasteiger partial charge in [-0.15, -0.1) is 10.2 Å². The summed E-state index contributed by atoms with van der Waals surface area (Å²) >= 11 is 0. The molecule has 21 heavy (non-hydrogen) atoms. The molecule has 1 aromatic heterocycles. The molecule has 0 radical (unpaired) electrons. The van der Waals surface area contributed by atoms with Crippen LogP contribution >= 0.6 is 0 Å². The molecule has 1 heterocycles. The molecular weight excluding hydrogens is 290 g/mol. The quantitative estimate of drug-likeness (QED) is 0.872. The molecule has 2 rings (SSSR count). The first-order valence-electron chi connectivity index (χ1n) is 6.14. The smallest absolute Gasteiger partial charge is 0.233 e. The van der Waals surface area contributed by atoms with Gasteiger partial charge in [-0.1, -0.05) is 12.1 Å². The zero-order valence-corrected chi connectivity index (χ0v) is 12.1. The van der Waals surface area contributed by atoms with Crippen LogP contribution in [0.1, 0.15) is 12.5 Å². The van der Waals surface area contributed by atoms with Crippen molar-refractivity contribution in [2.45, 2.75) is 6.92 Å². The average molecular weight is 303 g/mol. The first kappa shape index (κ1) is 14.7. The van der Waals surface area contributed by atoms with Crippen molar-refractivity contribution < 1.29 is 8.42 Å². The van der Waals surface area contributed by atoms with Gasteiger partial charge in [-0.3, -0.25) is 4.72 Å². The van der Waals surface area contributed by atoms with E-state index in [0.717, 1.165) is 0 Å². The molecule has 8 heteroatoms. The van der Waals surface area contributed by atoms with Gasteiger partial charge in [0.2, 0.25) is 10.0 Å². The maximum Gasteiger partial charge on any atom is 0.233 e. The van der Waals surface area contributed by atoms with Crippen molar-refractivity contribution in [3.05, 3.63) is 42.0 Å². The Morgan fingerprint density at radius 1 is 1.14 bits per heavy atom. The summed E-state index contributed by atoms with van der Waals surface area (Å²) in [5, 5.41) is 19.6. The van der Waals surface area contributed by atoms with Crippen LogP contribution in [0.25, 0.3) is 0 Å². The van der Waals surface area contributed by atoms with E-state index in [-0.39, 0.29) is 11.6 Å². The molecular formula is C13H13N5O2S. The third-order valence-corrected chi connectivity index (χ3v) is 3.90.